The van der Waals surface area contributed by atoms with Gasteiger partial charge < -0.3 is 0 Å². The Kier molecular flexibility index (Phi) is 6.11. The Labute approximate surface area is 98.6 Å². The molecule has 1 heterocycles. The molecule has 0 amide bonds. The van der Waals surface area contributed by atoms with E-state index in [2.05, 4.69) is 46.6 Å². The van der Waals surface area contributed by atoms with Crippen LogP contribution in [0.3, 0.4) is 0 Å². The molecule has 16 heavy (non-hydrogen) atoms. The Morgan fingerprint density at radius 2 is 1.06 bits per heavy atom. The second-order valence-corrected chi connectivity index (χ2v) is 3.62. The van der Waals surface area contributed by atoms with Crippen molar-refractivity contribution in [3.8, 4) is 23.7 Å². The van der Waals surface area contributed by atoms with Crippen LogP contribution in [0.1, 0.15) is 0 Å². The first-order valence-corrected chi connectivity index (χ1v) is 5.44. The summed E-state index contributed by atoms with van der Waals surface area (Å²) in [6.07, 6.45) is 3.78. The molecule has 0 fully saturated rings. The van der Waals surface area contributed by atoms with Gasteiger partial charge in [-0.1, -0.05) is 35.8 Å². The second-order valence-electron chi connectivity index (χ2n) is 3.62. The quantitative estimate of drug-likeness (QED) is 0.508. The molecular weight excluding hydrogens is 196 g/mol. The molecule has 0 aromatic rings. The minimum Gasteiger partial charge on any atom is -0.277 e. The molecule has 0 atom stereocenters. The molecule has 0 aliphatic carbocycles. The highest BCUT2D eigenvalue weighted by atomic mass is 15.1. The zero-order valence-electron chi connectivity index (χ0n) is 9.71. The van der Waals surface area contributed by atoms with E-state index in [0.717, 1.165) is 39.3 Å². The van der Waals surface area contributed by atoms with Gasteiger partial charge in [-0.2, -0.15) is 0 Å². The van der Waals surface area contributed by atoms with Crippen molar-refractivity contribution in [2.45, 2.75) is 0 Å². The Morgan fingerprint density at radius 1 is 0.750 bits per heavy atom. The van der Waals surface area contributed by atoms with E-state index in [9.17, 15) is 0 Å². The van der Waals surface area contributed by atoms with Gasteiger partial charge in [0, 0.05) is 13.1 Å². The van der Waals surface area contributed by atoms with Crippen LogP contribution in [-0.4, -0.2) is 49.1 Å². The maximum Gasteiger partial charge on any atom is 0.0613 e. The van der Waals surface area contributed by atoms with Gasteiger partial charge in [-0.05, 0) is 0 Å². The zero-order valence-corrected chi connectivity index (χ0v) is 9.71. The average molecular weight is 214 g/mol. The highest BCUT2D eigenvalue weighted by Crippen LogP contribution is 1.90. The molecule has 0 bridgehead atoms. The van der Waals surface area contributed by atoms with E-state index < -0.39 is 0 Å². The van der Waals surface area contributed by atoms with Gasteiger partial charge in [0.1, 0.15) is 0 Å². The Balaban J connectivity index is 2.55. The summed E-state index contributed by atoms with van der Waals surface area (Å²) in [7, 11) is 0. The summed E-state index contributed by atoms with van der Waals surface area (Å²) in [5.74, 6) is 12.7. The highest BCUT2D eigenvalue weighted by Gasteiger charge is 2.01. The van der Waals surface area contributed by atoms with Crippen LogP contribution in [0.15, 0.2) is 25.3 Å². The van der Waals surface area contributed by atoms with E-state index in [1.54, 1.807) is 0 Å². The molecule has 84 valence electrons. The molecule has 0 N–H and O–H groups in total. The van der Waals surface area contributed by atoms with Crippen LogP contribution < -0.4 is 0 Å². The largest absolute Gasteiger partial charge is 0.277 e. The van der Waals surface area contributed by atoms with Crippen LogP contribution in [0.5, 0.6) is 0 Å². The van der Waals surface area contributed by atoms with Crippen LogP contribution in [0.2, 0.25) is 0 Å². The SMILES string of the molecule is C=CCN1CC#CCN(CC=C)CC#CC1. The predicted molar refractivity (Wildman–Crippen MR) is 68.8 cm³/mol. The molecule has 0 spiro atoms. The smallest absolute Gasteiger partial charge is 0.0613 e. The number of nitrogens with zero attached hydrogens (tertiary/aromatic N) is 2. The minimum absolute atomic E-state index is 0.766. The lowest BCUT2D eigenvalue weighted by molar-refractivity contribution is 0.372. The molecule has 0 saturated heterocycles. The molecule has 0 saturated carbocycles. The van der Waals surface area contributed by atoms with Crippen LogP contribution >= 0.6 is 0 Å². The van der Waals surface area contributed by atoms with Crippen molar-refractivity contribution in [1.82, 2.24) is 9.80 Å². The molecule has 0 unspecified atom stereocenters. The molecule has 2 nitrogen and oxygen atoms in total. The summed E-state index contributed by atoms with van der Waals surface area (Å²) >= 11 is 0. The normalized spacial score (nSPS) is 17.5. The summed E-state index contributed by atoms with van der Waals surface area (Å²) in [6.45, 7) is 12.2. The number of hydrogen-bond donors (Lipinski definition) is 0. The third kappa shape index (κ3) is 4.84. The molecule has 1 aliphatic rings. The van der Waals surface area contributed by atoms with Crippen molar-refractivity contribution in [2.75, 3.05) is 39.3 Å². The third-order valence-electron chi connectivity index (χ3n) is 2.24. The van der Waals surface area contributed by atoms with Crippen LogP contribution in [0, 0.1) is 23.7 Å². The minimum atomic E-state index is 0.766. The van der Waals surface area contributed by atoms with Crippen LogP contribution in [0.4, 0.5) is 0 Å². The summed E-state index contributed by atoms with van der Waals surface area (Å²) in [4.78, 5) is 4.35. The van der Waals surface area contributed by atoms with Gasteiger partial charge in [0.15, 0.2) is 0 Å². The monoisotopic (exact) mass is 214 g/mol. The standard InChI is InChI=1S/C14H18N2/c1-3-9-15-11-5-7-13-16(10-4-2)14-8-6-12-15/h3-4H,1-2,9-14H2. The average Bonchev–Trinajstić information content (AvgIpc) is 2.29. The highest BCUT2D eigenvalue weighted by molar-refractivity contribution is 5.11. The first-order chi connectivity index (χ1) is 7.86. The fourth-order valence-electron chi connectivity index (χ4n) is 1.41. The zero-order chi connectivity index (χ0) is 11.6. The van der Waals surface area contributed by atoms with E-state index >= 15 is 0 Å². The predicted octanol–water partition coefficient (Wildman–Crippen LogP) is 0.983. The molecule has 1 rings (SSSR count). The van der Waals surface area contributed by atoms with Gasteiger partial charge in [-0.15, -0.1) is 13.2 Å². The van der Waals surface area contributed by atoms with E-state index in [1.807, 2.05) is 12.2 Å². The fourth-order valence-corrected chi connectivity index (χ4v) is 1.41. The molecular formula is C14H18N2. The van der Waals surface area contributed by atoms with Crippen LogP contribution in [-0.2, 0) is 0 Å². The first kappa shape index (κ1) is 12.6. The van der Waals surface area contributed by atoms with Gasteiger partial charge in [0.05, 0.1) is 26.2 Å². The molecule has 0 radical (unpaired) electrons. The van der Waals surface area contributed by atoms with Crippen molar-refractivity contribution in [3.63, 3.8) is 0 Å². The lowest BCUT2D eigenvalue weighted by atomic mass is 10.3. The summed E-state index contributed by atoms with van der Waals surface area (Å²) < 4.78 is 0. The van der Waals surface area contributed by atoms with Gasteiger partial charge >= 0.3 is 0 Å². The van der Waals surface area contributed by atoms with Crippen molar-refractivity contribution < 1.29 is 0 Å². The second kappa shape index (κ2) is 7.77. The summed E-state index contributed by atoms with van der Waals surface area (Å²) in [5, 5.41) is 0. The van der Waals surface area contributed by atoms with E-state index in [4.69, 9.17) is 0 Å². The number of hydrogen-bond acceptors (Lipinski definition) is 2. The van der Waals surface area contributed by atoms with Crippen LogP contribution in [0.25, 0.3) is 0 Å². The Hall–Kier alpha value is -1.48. The van der Waals surface area contributed by atoms with Crippen molar-refractivity contribution >= 4 is 0 Å². The summed E-state index contributed by atoms with van der Waals surface area (Å²) in [5.41, 5.74) is 0. The van der Waals surface area contributed by atoms with E-state index in [-0.39, 0.29) is 0 Å². The lowest BCUT2D eigenvalue weighted by Gasteiger charge is -2.17. The Morgan fingerprint density at radius 3 is 1.31 bits per heavy atom. The van der Waals surface area contributed by atoms with Gasteiger partial charge in [0.25, 0.3) is 0 Å². The molecule has 0 aromatic carbocycles. The molecule has 2 heteroatoms. The first-order valence-electron chi connectivity index (χ1n) is 5.44. The van der Waals surface area contributed by atoms with Crippen molar-refractivity contribution in [1.29, 1.82) is 0 Å². The molecule has 1 aliphatic heterocycles. The fraction of sp³-hybridized carbons (Fsp3) is 0.429. The van der Waals surface area contributed by atoms with Gasteiger partial charge in [-0.3, -0.25) is 9.80 Å². The van der Waals surface area contributed by atoms with E-state index in [1.165, 1.54) is 0 Å². The van der Waals surface area contributed by atoms with Crippen molar-refractivity contribution in [3.05, 3.63) is 25.3 Å². The third-order valence-corrected chi connectivity index (χ3v) is 2.24. The maximum atomic E-state index is 3.73. The lowest BCUT2D eigenvalue weighted by Crippen LogP contribution is -2.28. The Bertz CT molecular complexity index is 292. The topological polar surface area (TPSA) is 6.48 Å². The number of rotatable bonds is 4. The van der Waals surface area contributed by atoms with Gasteiger partial charge in [-0.25, -0.2) is 0 Å². The van der Waals surface area contributed by atoms with Crippen molar-refractivity contribution in [2.24, 2.45) is 0 Å². The maximum absolute atomic E-state index is 3.73. The summed E-state index contributed by atoms with van der Waals surface area (Å²) in [6, 6.07) is 0. The van der Waals surface area contributed by atoms with Gasteiger partial charge in [0.2, 0.25) is 0 Å². The molecule has 0 aromatic heterocycles. The van der Waals surface area contributed by atoms with E-state index in [0.29, 0.717) is 0 Å².